The van der Waals surface area contributed by atoms with Gasteiger partial charge in [0.25, 0.3) is 0 Å². The SMILES string of the molecule is Cc1ccc(CNc2n[nH]c(Nc3cc(Cl)cc(Cl)c3)n2)o1. The third kappa shape index (κ3) is 3.72. The molecule has 2 heterocycles. The maximum absolute atomic E-state index is 5.95. The predicted octanol–water partition coefficient (Wildman–Crippen LogP) is 4.37. The lowest BCUT2D eigenvalue weighted by molar-refractivity contribution is 0.490. The Hall–Kier alpha value is -2.18. The first-order valence-corrected chi connectivity index (χ1v) is 7.29. The molecule has 0 radical (unpaired) electrons. The largest absolute Gasteiger partial charge is 0.465 e. The minimum absolute atomic E-state index is 0.463. The van der Waals surface area contributed by atoms with Gasteiger partial charge in [-0.05, 0) is 37.3 Å². The van der Waals surface area contributed by atoms with Gasteiger partial charge >= 0.3 is 0 Å². The zero-order chi connectivity index (χ0) is 15.5. The molecule has 0 unspecified atom stereocenters. The van der Waals surface area contributed by atoms with Crippen LogP contribution in [0.5, 0.6) is 0 Å². The van der Waals surface area contributed by atoms with Crippen LogP contribution in [0, 0.1) is 6.92 Å². The van der Waals surface area contributed by atoms with Gasteiger partial charge in [0.2, 0.25) is 11.9 Å². The Kier molecular flexibility index (Phi) is 4.22. The number of H-pyrrole nitrogens is 1. The van der Waals surface area contributed by atoms with E-state index in [0.29, 0.717) is 28.5 Å². The predicted molar refractivity (Wildman–Crippen MR) is 86.9 cm³/mol. The van der Waals surface area contributed by atoms with Crippen molar-refractivity contribution < 1.29 is 4.42 Å². The summed E-state index contributed by atoms with van der Waals surface area (Å²) in [5, 5.41) is 14.0. The van der Waals surface area contributed by atoms with Gasteiger partial charge in [0, 0.05) is 15.7 Å². The number of nitrogens with one attached hydrogen (secondary N) is 3. The van der Waals surface area contributed by atoms with Crippen LogP contribution in [0.2, 0.25) is 10.0 Å². The Bertz CT molecular complexity index is 763. The smallest absolute Gasteiger partial charge is 0.244 e. The molecule has 0 atom stereocenters. The van der Waals surface area contributed by atoms with E-state index in [0.717, 1.165) is 17.2 Å². The van der Waals surface area contributed by atoms with E-state index >= 15 is 0 Å². The highest BCUT2D eigenvalue weighted by atomic mass is 35.5. The summed E-state index contributed by atoms with van der Waals surface area (Å²) in [6, 6.07) is 8.96. The standard InChI is InChI=1S/C14H13Cl2N5O/c1-8-2-3-12(22-8)7-17-13-19-14(21-20-13)18-11-5-9(15)4-10(16)6-11/h2-6H,7H2,1H3,(H3,17,18,19,20,21). The number of aryl methyl sites for hydroxylation is 1. The third-order valence-corrected chi connectivity index (χ3v) is 3.26. The van der Waals surface area contributed by atoms with E-state index in [2.05, 4.69) is 25.8 Å². The molecule has 0 bridgehead atoms. The van der Waals surface area contributed by atoms with Crippen LogP contribution >= 0.6 is 23.2 Å². The Morgan fingerprint density at radius 1 is 1.18 bits per heavy atom. The second-order valence-electron chi connectivity index (χ2n) is 4.66. The van der Waals surface area contributed by atoms with Crippen molar-refractivity contribution in [1.82, 2.24) is 15.2 Å². The first-order chi connectivity index (χ1) is 10.6. The summed E-state index contributed by atoms with van der Waals surface area (Å²) in [5.41, 5.74) is 0.724. The lowest BCUT2D eigenvalue weighted by Gasteiger charge is -2.03. The monoisotopic (exact) mass is 337 g/mol. The summed E-state index contributed by atoms with van der Waals surface area (Å²) in [6.07, 6.45) is 0. The average molecular weight is 338 g/mol. The number of hydrogen-bond donors (Lipinski definition) is 3. The van der Waals surface area contributed by atoms with Crippen molar-refractivity contribution in [2.75, 3.05) is 10.6 Å². The second-order valence-corrected chi connectivity index (χ2v) is 5.53. The molecule has 0 amide bonds. The van der Waals surface area contributed by atoms with Gasteiger partial charge in [-0.1, -0.05) is 23.2 Å². The lowest BCUT2D eigenvalue weighted by Crippen LogP contribution is -2.00. The Balaban J connectivity index is 1.63. The molecule has 22 heavy (non-hydrogen) atoms. The molecule has 3 N–H and O–H groups in total. The van der Waals surface area contributed by atoms with Gasteiger partial charge < -0.3 is 15.1 Å². The molecule has 3 aromatic rings. The van der Waals surface area contributed by atoms with Crippen molar-refractivity contribution in [3.05, 3.63) is 51.9 Å². The minimum atomic E-state index is 0.463. The third-order valence-electron chi connectivity index (χ3n) is 2.83. The number of nitrogens with zero attached hydrogens (tertiary/aromatic N) is 2. The topological polar surface area (TPSA) is 78.8 Å². The highest BCUT2D eigenvalue weighted by Crippen LogP contribution is 2.24. The summed E-state index contributed by atoms with van der Waals surface area (Å²) in [4.78, 5) is 4.27. The van der Waals surface area contributed by atoms with Gasteiger partial charge in [-0.15, -0.1) is 5.10 Å². The highest BCUT2D eigenvalue weighted by molar-refractivity contribution is 6.35. The quantitative estimate of drug-likeness (QED) is 0.644. The number of hydrogen-bond acceptors (Lipinski definition) is 5. The summed E-state index contributed by atoms with van der Waals surface area (Å²) >= 11 is 11.9. The second kappa shape index (κ2) is 6.29. The van der Waals surface area contributed by atoms with Gasteiger partial charge in [-0.25, -0.2) is 5.10 Å². The van der Waals surface area contributed by atoms with Crippen LogP contribution in [0.4, 0.5) is 17.6 Å². The summed E-state index contributed by atoms with van der Waals surface area (Å²) in [5.74, 6) is 2.63. The fraction of sp³-hybridized carbons (Fsp3) is 0.143. The maximum Gasteiger partial charge on any atom is 0.244 e. The molecule has 1 aromatic carbocycles. The van der Waals surface area contributed by atoms with Crippen molar-refractivity contribution in [2.45, 2.75) is 13.5 Å². The number of aromatic amines is 1. The van der Waals surface area contributed by atoms with E-state index in [9.17, 15) is 0 Å². The molecule has 0 spiro atoms. The Morgan fingerprint density at radius 3 is 2.64 bits per heavy atom. The van der Waals surface area contributed by atoms with Gasteiger partial charge in [0.15, 0.2) is 0 Å². The zero-order valence-electron chi connectivity index (χ0n) is 11.7. The van der Waals surface area contributed by atoms with Crippen LogP contribution in [0.1, 0.15) is 11.5 Å². The fourth-order valence-corrected chi connectivity index (χ4v) is 2.43. The van der Waals surface area contributed by atoms with Crippen molar-refractivity contribution >= 4 is 40.8 Å². The van der Waals surface area contributed by atoms with Crippen LogP contribution < -0.4 is 10.6 Å². The minimum Gasteiger partial charge on any atom is -0.465 e. The van der Waals surface area contributed by atoms with Crippen molar-refractivity contribution in [3.8, 4) is 0 Å². The molecule has 0 aliphatic carbocycles. The van der Waals surface area contributed by atoms with E-state index < -0.39 is 0 Å². The number of aromatic nitrogens is 3. The normalized spacial score (nSPS) is 10.7. The molecule has 114 valence electrons. The Morgan fingerprint density at radius 2 is 1.95 bits per heavy atom. The number of benzene rings is 1. The van der Waals surface area contributed by atoms with Crippen molar-refractivity contribution in [3.63, 3.8) is 0 Å². The first kappa shape index (κ1) is 14.7. The number of anilines is 3. The van der Waals surface area contributed by atoms with E-state index in [1.807, 2.05) is 19.1 Å². The number of furan rings is 1. The van der Waals surface area contributed by atoms with E-state index in [4.69, 9.17) is 27.6 Å². The average Bonchev–Trinajstić information content (AvgIpc) is 3.04. The maximum atomic E-state index is 5.95. The van der Waals surface area contributed by atoms with E-state index in [-0.39, 0.29) is 0 Å². The van der Waals surface area contributed by atoms with Gasteiger partial charge in [0.1, 0.15) is 11.5 Å². The van der Waals surface area contributed by atoms with Crippen LogP contribution in [-0.2, 0) is 6.54 Å². The lowest BCUT2D eigenvalue weighted by atomic mass is 10.3. The summed E-state index contributed by atoms with van der Waals surface area (Å²) in [7, 11) is 0. The molecule has 8 heteroatoms. The van der Waals surface area contributed by atoms with Crippen LogP contribution in [0.25, 0.3) is 0 Å². The molecule has 0 saturated heterocycles. The van der Waals surface area contributed by atoms with Crippen molar-refractivity contribution in [2.24, 2.45) is 0 Å². The molecule has 0 aliphatic rings. The zero-order valence-corrected chi connectivity index (χ0v) is 13.2. The molecule has 3 rings (SSSR count). The molecule has 0 fully saturated rings. The summed E-state index contributed by atoms with van der Waals surface area (Å²) in [6.45, 7) is 2.41. The first-order valence-electron chi connectivity index (χ1n) is 6.53. The van der Waals surface area contributed by atoms with Gasteiger partial charge in [-0.2, -0.15) is 4.98 Å². The molecule has 0 saturated carbocycles. The van der Waals surface area contributed by atoms with Crippen molar-refractivity contribution in [1.29, 1.82) is 0 Å². The highest BCUT2D eigenvalue weighted by Gasteiger charge is 2.06. The number of rotatable bonds is 5. The van der Waals surface area contributed by atoms with Gasteiger partial charge in [0.05, 0.1) is 6.54 Å². The Labute approximate surface area is 136 Å². The molecular formula is C14H13Cl2N5O. The number of halogens is 2. The van der Waals surface area contributed by atoms with Crippen LogP contribution in [0.3, 0.4) is 0 Å². The molecular weight excluding hydrogens is 325 g/mol. The van der Waals surface area contributed by atoms with Gasteiger partial charge in [-0.3, -0.25) is 0 Å². The molecule has 6 nitrogen and oxygen atoms in total. The van der Waals surface area contributed by atoms with E-state index in [1.165, 1.54) is 0 Å². The van der Waals surface area contributed by atoms with Crippen LogP contribution in [-0.4, -0.2) is 15.2 Å². The van der Waals surface area contributed by atoms with Crippen LogP contribution in [0.15, 0.2) is 34.7 Å². The fourth-order valence-electron chi connectivity index (χ4n) is 1.91. The van der Waals surface area contributed by atoms with E-state index in [1.54, 1.807) is 18.2 Å². The summed E-state index contributed by atoms with van der Waals surface area (Å²) < 4.78 is 5.46. The molecule has 2 aromatic heterocycles. The molecule has 0 aliphatic heterocycles.